The molecular formula is C12H18O2. The van der Waals surface area contributed by atoms with Crippen molar-refractivity contribution in [3.05, 3.63) is 24.3 Å². The van der Waals surface area contributed by atoms with Gasteiger partial charge in [-0.25, -0.2) is 4.79 Å². The molecule has 1 aliphatic carbocycles. The van der Waals surface area contributed by atoms with Gasteiger partial charge in [-0.3, -0.25) is 0 Å². The van der Waals surface area contributed by atoms with Crippen molar-refractivity contribution in [3.63, 3.8) is 0 Å². The predicted molar refractivity (Wildman–Crippen MR) is 56.9 cm³/mol. The molecule has 0 heterocycles. The highest BCUT2D eigenvalue weighted by Crippen LogP contribution is 2.25. The zero-order valence-corrected chi connectivity index (χ0v) is 8.79. The lowest BCUT2D eigenvalue weighted by molar-refractivity contribution is -0.137. The van der Waals surface area contributed by atoms with Gasteiger partial charge in [0.15, 0.2) is 0 Å². The number of carbonyl (C=O) groups is 1. The third-order valence-electron chi connectivity index (χ3n) is 2.47. The Morgan fingerprint density at radius 2 is 2.14 bits per heavy atom. The van der Waals surface area contributed by atoms with Crippen LogP contribution in [0.15, 0.2) is 24.3 Å². The van der Waals surface area contributed by atoms with Crippen LogP contribution in [0.25, 0.3) is 0 Å². The Bertz CT molecular complexity index is 235. The fourth-order valence-corrected chi connectivity index (χ4v) is 1.64. The SMILES string of the molecule is C=C(C)C(=O)OC/C=C/C1CCCC1. The van der Waals surface area contributed by atoms with Gasteiger partial charge in [0.2, 0.25) is 0 Å². The highest BCUT2D eigenvalue weighted by atomic mass is 16.5. The molecule has 0 N–H and O–H groups in total. The monoisotopic (exact) mass is 194 g/mol. The Morgan fingerprint density at radius 1 is 1.50 bits per heavy atom. The summed E-state index contributed by atoms with van der Waals surface area (Å²) in [7, 11) is 0. The Kier molecular flexibility index (Phi) is 4.44. The van der Waals surface area contributed by atoms with Crippen molar-refractivity contribution in [2.75, 3.05) is 6.61 Å². The Hall–Kier alpha value is -1.05. The van der Waals surface area contributed by atoms with Crippen LogP contribution < -0.4 is 0 Å². The summed E-state index contributed by atoms with van der Waals surface area (Å²) in [5.74, 6) is 0.402. The second kappa shape index (κ2) is 5.63. The Morgan fingerprint density at radius 3 is 2.71 bits per heavy atom. The zero-order valence-electron chi connectivity index (χ0n) is 8.79. The maximum Gasteiger partial charge on any atom is 0.333 e. The third kappa shape index (κ3) is 3.77. The molecule has 1 rings (SSSR count). The molecule has 14 heavy (non-hydrogen) atoms. The number of rotatable bonds is 4. The third-order valence-corrected chi connectivity index (χ3v) is 2.47. The number of hydrogen-bond donors (Lipinski definition) is 0. The lowest BCUT2D eigenvalue weighted by Crippen LogP contribution is -2.04. The number of hydrogen-bond acceptors (Lipinski definition) is 2. The van der Waals surface area contributed by atoms with Crippen molar-refractivity contribution in [1.29, 1.82) is 0 Å². The van der Waals surface area contributed by atoms with Gasteiger partial charge in [0.05, 0.1) is 0 Å². The van der Waals surface area contributed by atoms with E-state index < -0.39 is 0 Å². The number of ether oxygens (including phenoxy) is 1. The van der Waals surface area contributed by atoms with Crippen molar-refractivity contribution < 1.29 is 9.53 Å². The van der Waals surface area contributed by atoms with E-state index in [1.165, 1.54) is 25.7 Å². The largest absolute Gasteiger partial charge is 0.458 e. The van der Waals surface area contributed by atoms with Gasteiger partial charge in [-0.05, 0) is 25.7 Å². The molecule has 0 amide bonds. The van der Waals surface area contributed by atoms with E-state index in [0.717, 1.165) is 0 Å². The zero-order chi connectivity index (χ0) is 10.4. The van der Waals surface area contributed by atoms with E-state index in [4.69, 9.17) is 4.74 Å². The molecule has 2 heteroatoms. The molecule has 0 aromatic heterocycles. The molecule has 0 aliphatic heterocycles. The van der Waals surface area contributed by atoms with Crippen LogP contribution in [-0.4, -0.2) is 12.6 Å². The van der Waals surface area contributed by atoms with Crippen LogP contribution in [0.2, 0.25) is 0 Å². The molecule has 0 aromatic carbocycles. The average Bonchev–Trinajstić information content (AvgIpc) is 2.64. The fourth-order valence-electron chi connectivity index (χ4n) is 1.64. The van der Waals surface area contributed by atoms with Crippen LogP contribution in [0.4, 0.5) is 0 Å². The number of allylic oxidation sites excluding steroid dienone is 1. The quantitative estimate of drug-likeness (QED) is 0.391. The van der Waals surface area contributed by atoms with Gasteiger partial charge in [-0.15, -0.1) is 0 Å². The maximum atomic E-state index is 11.0. The summed E-state index contributed by atoms with van der Waals surface area (Å²) in [5, 5.41) is 0. The Labute approximate surface area is 85.6 Å². The summed E-state index contributed by atoms with van der Waals surface area (Å²) in [6.45, 7) is 5.55. The van der Waals surface area contributed by atoms with E-state index in [1.807, 2.05) is 6.08 Å². The van der Waals surface area contributed by atoms with Crippen LogP contribution in [0.5, 0.6) is 0 Å². The van der Waals surface area contributed by atoms with E-state index in [2.05, 4.69) is 12.7 Å². The van der Waals surface area contributed by atoms with Crippen molar-refractivity contribution >= 4 is 5.97 Å². The minimum atomic E-state index is -0.305. The van der Waals surface area contributed by atoms with E-state index in [0.29, 0.717) is 18.1 Å². The summed E-state index contributed by atoms with van der Waals surface area (Å²) in [6, 6.07) is 0. The molecule has 0 spiro atoms. The minimum absolute atomic E-state index is 0.305. The Balaban J connectivity index is 2.13. The van der Waals surface area contributed by atoms with Crippen molar-refractivity contribution in [3.8, 4) is 0 Å². The molecule has 0 saturated heterocycles. The molecular weight excluding hydrogens is 176 g/mol. The maximum absolute atomic E-state index is 11.0. The van der Waals surface area contributed by atoms with Crippen molar-refractivity contribution in [1.82, 2.24) is 0 Å². The first-order chi connectivity index (χ1) is 6.70. The average molecular weight is 194 g/mol. The van der Waals surface area contributed by atoms with E-state index in [9.17, 15) is 4.79 Å². The summed E-state index contributed by atoms with van der Waals surface area (Å²) < 4.78 is 4.94. The molecule has 1 aliphatic rings. The molecule has 0 atom stereocenters. The number of esters is 1. The molecule has 0 bridgehead atoms. The highest BCUT2D eigenvalue weighted by Gasteiger charge is 2.10. The first-order valence-electron chi connectivity index (χ1n) is 5.19. The van der Waals surface area contributed by atoms with Crippen LogP contribution in [0, 0.1) is 5.92 Å². The second-order valence-corrected chi connectivity index (χ2v) is 3.85. The van der Waals surface area contributed by atoms with E-state index >= 15 is 0 Å². The molecule has 0 aromatic rings. The molecule has 1 saturated carbocycles. The summed E-state index contributed by atoms with van der Waals surface area (Å²) in [6.07, 6.45) is 9.34. The highest BCUT2D eigenvalue weighted by molar-refractivity contribution is 5.86. The standard InChI is InChI=1S/C12H18O2/c1-10(2)12(13)14-9-5-8-11-6-3-4-7-11/h5,8,11H,1,3-4,6-7,9H2,2H3/b8-5+. The van der Waals surface area contributed by atoms with Crippen LogP contribution in [-0.2, 0) is 9.53 Å². The summed E-state index contributed by atoms with van der Waals surface area (Å²) in [5.41, 5.74) is 0.458. The van der Waals surface area contributed by atoms with E-state index in [-0.39, 0.29) is 5.97 Å². The van der Waals surface area contributed by atoms with Crippen LogP contribution in [0.1, 0.15) is 32.6 Å². The molecule has 0 unspecified atom stereocenters. The first kappa shape index (κ1) is 11.0. The topological polar surface area (TPSA) is 26.3 Å². The smallest absolute Gasteiger partial charge is 0.333 e. The van der Waals surface area contributed by atoms with Gasteiger partial charge in [0.1, 0.15) is 6.61 Å². The van der Waals surface area contributed by atoms with Crippen molar-refractivity contribution in [2.45, 2.75) is 32.6 Å². The van der Waals surface area contributed by atoms with Crippen molar-refractivity contribution in [2.24, 2.45) is 5.92 Å². The van der Waals surface area contributed by atoms with Gasteiger partial charge in [0.25, 0.3) is 0 Å². The van der Waals surface area contributed by atoms with E-state index in [1.54, 1.807) is 6.92 Å². The van der Waals surface area contributed by atoms with Gasteiger partial charge < -0.3 is 4.74 Å². The van der Waals surface area contributed by atoms with Crippen LogP contribution in [0.3, 0.4) is 0 Å². The van der Waals surface area contributed by atoms with Gasteiger partial charge >= 0.3 is 5.97 Å². The second-order valence-electron chi connectivity index (χ2n) is 3.85. The molecule has 1 fully saturated rings. The van der Waals surface area contributed by atoms with Gasteiger partial charge in [-0.2, -0.15) is 0 Å². The summed E-state index contributed by atoms with van der Waals surface area (Å²) >= 11 is 0. The predicted octanol–water partition coefficient (Wildman–Crippen LogP) is 2.85. The van der Waals surface area contributed by atoms with Gasteiger partial charge in [-0.1, -0.05) is 31.6 Å². The molecule has 78 valence electrons. The number of carbonyl (C=O) groups excluding carboxylic acids is 1. The molecule has 0 radical (unpaired) electrons. The minimum Gasteiger partial charge on any atom is -0.458 e. The lowest BCUT2D eigenvalue weighted by atomic mass is 10.1. The van der Waals surface area contributed by atoms with Gasteiger partial charge in [0, 0.05) is 5.57 Å². The lowest BCUT2D eigenvalue weighted by Gasteiger charge is -2.02. The normalized spacial score (nSPS) is 17.5. The first-order valence-corrected chi connectivity index (χ1v) is 5.19. The van der Waals surface area contributed by atoms with Crippen LogP contribution >= 0.6 is 0 Å². The summed E-state index contributed by atoms with van der Waals surface area (Å²) in [4.78, 5) is 11.0. The molecule has 2 nitrogen and oxygen atoms in total. The fraction of sp³-hybridized carbons (Fsp3) is 0.583.